The summed E-state index contributed by atoms with van der Waals surface area (Å²) in [4.78, 5) is 22.5. The number of carbonyl (C=O) groups is 2. The Labute approximate surface area is 157 Å². The molecule has 0 saturated carbocycles. The highest BCUT2D eigenvalue weighted by Crippen LogP contribution is 2.34. The average Bonchev–Trinajstić information content (AvgIpc) is 2.90. The first-order valence-electron chi connectivity index (χ1n) is 8.21. The van der Waals surface area contributed by atoms with Crippen LogP contribution in [0.1, 0.15) is 47.5 Å². The standard InChI is InChI=1S/C16H21N3O6S2/c1-3-7-26(22,23)13-11-6-5-10(15(17)20)9-19(11)12(16(18)21)14(13)27(24,25)8-4-2/h5-6,9H,3-4,7-8H2,1-2H3,(H2,17,20)(H2,18,21). The fraction of sp³-hybridized carbons (Fsp3) is 0.375. The molecule has 0 unspecified atom stereocenters. The molecule has 0 fully saturated rings. The number of nitrogens with zero attached hydrogens (tertiary/aromatic N) is 1. The molecule has 2 heterocycles. The number of rotatable bonds is 8. The predicted octanol–water partition coefficient (Wildman–Crippen LogP) is 0.505. The van der Waals surface area contributed by atoms with Gasteiger partial charge in [-0.1, -0.05) is 13.8 Å². The molecule has 0 atom stereocenters. The van der Waals surface area contributed by atoms with Gasteiger partial charge in [-0.25, -0.2) is 16.8 Å². The number of aromatic nitrogens is 1. The summed E-state index contributed by atoms with van der Waals surface area (Å²) in [6.07, 6.45) is 1.58. The second-order valence-electron chi connectivity index (χ2n) is 6.05. The number of primary amides is 2. The topological polar surface area (TPSA) is 159 Å². The number of nitrogens with two attached hydrogens (primary N) is 2. The molecular formula is C16H21N3O6S2. The van der Waals surface area contributed by atoms with Gasteiger partial charge in [-0.05, 0) is 25.0 Å². The van der Waals surface area contributed by atoms with Crippen molar-refractivity contribution < 1.29 is 26.4 Å². The lowest BCUT2D eigenvalue weighted by atomic mass is 10.2. The molecule has 0 aromatic carbocycles. The number of pyridine rings is 1. The molecule has 148 valence electrons. The summed E-state index contributed by atoms with van der Waals surface area (Å²) in [6, 6.07) is 2.52. The van der Waals surface area contributed by atoms with Crippen LogP contribution in [0.5, 0.6) is 0 Å². The predicted molar refractivity (Wildman–Crippen MR) is 99.1 cm³/mol. The van der Waals surface area contributed by atoms with Gasteiger partial charge in [-0.2, -0.15) is 0 Å². The van der Waals surface area contributed by atoms with Gasteiger partial charge in [0.05, 0.1) is 22.6 Å². The maximum absolute atomic E-state index is 12.9. The third kappa shape index (κ3) is 3.69. The number of fused-ring (bicyclic) bond motifs is 1. The van der Waals surface area contributed by atoms with Gasteiger partial charge >= 0.3 is 0 Å². The molecule has 0 aliphatic heterocycles. The average molecular weight is 415 g/mol. The van der Waals surface area contributed by atoms with Gasteiger partial charge in [0, 0.05) is 6.20 Å². The Balaban J connectivity index is 3.14. The highest BCUT2D eigenvalue weighted by atomic mass is 32.2. The first-order valence-corrected chi connectivity index (χ1v) is 11.5. The van der Waals surface area contributed by atoms with Crippen LogP contribution < -0.4 is 11.5 Å². The maximum atomic E-state index is 12.9. The molecule has 11 heteroatoms. The van der Waals surface area contributed by atoms with Gasteiger partial charge in [-0.15, -0.1) is 0 Å². The van der Waals surface area contributed by atoms with Crippen LogP contribution in [0.25, 0.3) is 5.52 Å². The van der Waals surface area contributed by atoms with E-state index in [4.69, 9.17) is 11.5 Å². The van der Waals surface area contributed by atoms with Crippen LogP contribution in [0.15, 0.2) is 28.1 Å². The number of hydrogen-bond acceptors (Lipinski definition) is 6. The van der Waals surface area contributed by atoms with Gasteiger partial charge < -0.3 is 15.9 Å². The number of hydrogen-bond donors (Lipinski definition) is 2. The van der Waals surface area contributed by atoms with Crippen LogP contribution >= 0.6 is 0 Å². The van der Waals surface area contributed by atoms with E-state index in [2.05, 4.69) is 0 Å². The monoisotopic (exact) mass is 415 g/mol. The Kier molecular flexibility index (Phi) is 5.66. The lowest BCUT2D eigenvalue weighted by Crippen LogP contribution is -2.20. The van der Waals surface area contributed by atoms with Crippen molar-refractivity contribution in [2.75, 3.05) is 11.5 Å². The zero-order chi connectivity index (χ0) is 20.6. The Bertz CT molecular complexity index is 1130. The van der Waals surface area contributed by atoms with E-state index in [0.29, 0.717) is 0 Å². The van der Waals surface area contributed by atoms with E-state index in [-0.39, 0.29) is 35.4 Å². The highest BCUT2D eigenvalue weighted by Gasteiger charge is 2.36. The van der Waals surface area contributed by atoms with E-state index in [1.165, 1.54) is 12.1 Å². The fourth-order valence-electron chi connectivity index (χ4n) is 2.91. The summed E-state index contributed by atoms with van der Waals surface area (Å²) >= 11 is 0. The molecule has 0 spiro atoms. The Morgan fingerprint density at radius 3 is 1.85 bits per heavy atom. The van der Waals surface area contributed by atoms with E-state index in [1.54, 1.807) is 13.8 Å². The third-order valence-corrected chi connectivity index (χ3v) is 8.00. The smallest absolute Gasteiger partial charge is 0.267 e. The quantitative estimate of drug-likeness (QED) is 0.639. The molecule has 0 aliphatic carbocycles. The Morgan fingerprint density at radius 1 is 0.889 bits per heavy atom. The summed E-state index contributed by atoms with van der Waals surface area (Å²) in [6.45, 7) is 3.25. The maximum Gasteiger partial charge on any atom is 0.267 e. The summed E-state index contributed by atoms with van der Waals surface area (Å²) in [7, 11) is -8.17. The highest BCUT2D eigenvalue weighted by molar-refractivity contribution is 7.94. The van der Waals surface area contributed by atoms with Crippen molar-refractivity contribution in [1.82, 2.24) is 4.40 Å². The SMILES string of the molecule is CCCS(=O)(=O)c1c(S(=O)(=O)CCC)c2ccc(C(N)=O)cn2c1C(N)=O. The molecule has 0 aliphatic rings. The van der Waals surface area contributed by atoms with E-state index < -0.39 is 47.0 Å². The molecule has 2 amide bonds. The van der Waals surface area contributed by atoms with Gasteiger partial charge in [0.2, 0.25) is 5.91 Å². The Morgan fingerprint density at radius 2 is 1.41 bits per heavy atom. The molecule has 4 N–H and O–H groups in total. The van der Waals surface area contributed by atoms with Crippen molar-refractivity contribution in [3.63, 3.8) is 0 Å². The molecule has 9 nitrogen and oxygen atoms in total. The first-order chi connectivity index (χ1) is 12.5. The minimum absolute atomic E-state index is 0.0288. The zero-order valence-corrected chi connectivity index (χ0v) is 16.6. The van der Waals surface area contributed by atoms with Crippen molar-refractivity contribution >= 4 is 37.0 Å². The number of carbonyl (C=O) groups excluding carboxylic acids is 2. The van der Waals surface area contributed by atoms with Crippen molar-refractivity contribution in [2.45, 2.75) is 36.5 Å². The molecule has 0 saturated heterocycles. The molecule has 2 aromatic heterocycles. The minimum Gasteiger partial charge on any atom is -0.366 e. The second kappa shape index (κ2) is 7.31. The molecule has 27 heavy (non-hydrogen) atoms. The largest absolute Gasteiger partial charge is 0.366 e. The van der Waals surface area contributed by atoms with E-state index in [9.17, 15) is 26.4 Å². The van der Waals surface area contributed by atoms with Crippen LogP contribution in [0.2, 0.25) is 0 Å². The van der Waals surface area contributed by atoms with Crippen LogP contribution in [-0.4, -0.2) is 44.6 Å². The number of amides is 2. The van der Waals surface area contributed by atoms with Crippen molar-refractivity contribution in [1.29, 1.82) is 0 Å². The molecule has 2 aromatic rings. The van der Waals surface area contributed by atoms with Gasteiger partial charge in [0.1, 0.15) is 15.5 Å². The van der Waals surface area contributed by atoms with Gasteiger partial charge in [-0.3, -0.25) is 9.59 Å². The molecule has 0 bridgehead atoms. The van der Waals surface area contributed by atoms with E-state index in [0.717, 1.165) is 10.6 Å². The zero-order valence-electron chi connectivity index (χ0n) is 14.9. The van der Waals surface area contributed by atoms with Crippen LogP contribution in [-0.2, 0) is 19.7 Å². The minimum atomic E-state index is -4.13. The summed E-state index contributed by atoms with van der Waals surface area (Å²) in [5.74, 6) is -2.62. The lowest BCUT2D eigenvalue weighted by molar-refractivity contribution is 0.0983. The molecule has 0 radical (unpaired) electrons. The normalized spacial score (nSPS) is 12.4. The van der Waals surface area contributed by atoms with Crippen LogP contribution in [0.3, 0.4) is 0 Å². The van der Waals surface area contributed by atoms with E-state index in [1.807, 2.05) is 0 Å². The summed E-state index contributed by atoms with van der Waals surface area (Å²) in [5, 5.41) is 0. The fourth-order valence-corrected chi connectivity index (χ4v) is 6.90. The van der Waals surface area contributed by atoms with Crippen LogP contribution in [0.4, 0.5) is 0 Å². The third-order valence-electron chi connectivity index (χ3n) is 3.93. The van der Waals surface area contributed by atoms with E-state index >= 15 is 0 Å². The lowest BCUT2D eigenvalue weighted by Gasteiger charge is -2.07. The molecule has 2 rings (SSSR count). The van der Waals surface area contributed by atoms with Gasteiger partial charge in [0.25, 0.3) is 5.91 Å². The van der Waals surface area contributed by atoms with Crippen LogP contribution in [0, 0.1) is 0 Å². The number of sulfone groups is 2. The Hall–Kier alpha value is -2.40. The molecular weight excluding hydrogens is 394 g/mol. The second-order valence-corrected chi connectivity index (χ2v) is 10.1. The van der Waals surface area contributed by atoms with Gasteiger partial charge in [0.15, 0.2) is 19.7 Å². The van der Waals surface area contributed by atoms with Crippen molar-refractivity contribution in [3.05, 3.63) is 29.6 Å². The van der Waals surface area contributed by atoms with Crippen molar-refractivity contribution in [3.8, 4) is 0 Å². The summed E-state index contributed by atoms with van der Waals surface area (Å²) < 4.78 is 52.4. The first kappa shape index (κ1) is 20.9. The van der Waals surface area contributed by atoms with Crippen molar-refractivity contribution in [2.24, 2.45) is 11.5 Å². The summed E-state index contributed by atoms with van der Waals surface area (Å²) in [5.41, 5.74) is 10.1.